The average Bonchev–Trinajstić information content (AvgIpc) is 3.03. The fraction of sp³-hybridized carbons (Fsp3) is 0.421. The molecule has 0 unspecified atom stereocenters. The Hall–Kier alpha value is -2.11. The molecule has 1 aliphatic rings. The van der Waals surface area contributed by atoms with Crippen LogP contribution < -0.4 is 10.6 Å². The molecule has 1 aromatic heterocycles. The van der Waals surface area contributed by atoms with Crippen molar-refractivity contribution < 1.29 is 9.53 Å². The second-order valence-electron chi connectivity index (χ2n) is 5.99. The summed E-state index contributed by atoms with van der Waals surface area (Å²) >= 11 is 0. The van der Waals surface area contributed by atoms with Gasteiger partial charge in [-0.05, 0) is 50.1 Å². The molecule has 1 amide bonds. The Morgan fingerprint density at radius 2 is 2.29 bits per heavy atom. The SMILES string of the molecule is CCOCCCC(=O)Nc1ccc2[nH]cc(C3=CCNCC3)c2c1. The van der Waals surface area contributed by atoms with Crippen molar-refractivity contribution in [3.63, 3.8) is 0 Å². The number of hydrogen-bond acceptors (Lipinski definition) is 3. The lowest BCUT2D eigenvalue weighted by Crippen LogP contribution is -2.19. The van der Waals surface area contributed by atoms with Gasteiger partial charge in [0.15, 0.2) is 0 Å². The molecule has 5 heteroatoms. The highest BCUT2D eigenvalue weighted by Crippen LogP contribution is 2.29. The highest BCUT2D eigenvalue weighted by molar-refractivity contribution is 5.98. The Bertz CT molecular complexity index is 733. The molecule has 1 aromatic carbocycles. The van der Waals surface area contributed by atoms with Crippen LogP contribution in [0.4, 0.5) is 5.69 Å². The van der Waals surface area contributed by atoms with Gasteiger partial charge in [0.1, 0.15) is 0 Å². The normalized spacial score (nSPS) is 14.6. The summed E-state index contributed by atoms with van der Waals surface area (Å²) in [5, 5.41) is 7.49. The van der Waals surface area contributed by atoms with Crippen molar-refractivity contribution in [3.05, 3.63) is 36.0 Å². The van der Waals surface area contributed by atoms with Crippen LogP contribution in [0.5, 0.6) is 0 Å². The van der Waals surface area contributed by atoms with Gasteiger partial charge in [-0.2, -0.15) is 0 Å². The number of nitrogens with one attached hydrogen (secondary N) is 3. The molecule has 0 bridgehead atoms. The molecule has 3 rings (SSSR count). The highest BCUT2D eigenvalue weighted by atomic mass is 16.5. The van der Waals surface area contributed by atoms with Gasteiger partial charge in [-0.3, -0.25) is 4.79 Å². The molecule has 0 saturated carbocycles. The third kappa shape index (κ3) is 4.04. The largest absolute Gasteiger partial charge is 0.382 e. The van der Waals surface area contributed by atoms with Crippen LogP contribution in [0, 0.1) is 0 Å². The fourth-order valence-corrected chi connectivity index (χ4v) is 3.03. The molecule has 128 valence electrons. The third-order valence-corrected chi connectivity index (χ3v) is 4.27. The Morgan fingerprint density at radius 1 is 1.38 bits per heavy atom. The number of aromatic nitrogens is 1. The van der Waals surface area contributed by atoms with E-state index in [4.69, 9.17) is 4.74 Å². The quantitative estimate of drug-likeness (QED) is 0.684. The van der Waals surface area contributed by atoms with E-state index in [1.54, 1.807) is 0 Å². The van der Waals surface area contributed by atoms with Gasteiger partial charge in [0.05, 0.1) is 0 Å². The van der Waals surface area contributed by atoms with Crippen LogP contribution in [0.2, 0.25) is 0 Å². The van der Waals surface area contributed by atoms with E-state index in [-0.39, 0.29) is 5.91 Å². The number of ether oxygens (including phenoxy) is 1. The summed E-state index contributed by atoms with van der Waals surface area (Å²) in [7, 11) is 0. The number of rotatable bonds is 7. The molecule has 0 atom stereocenters. The molecular formula is C19H25N3O2. The van der Waals surface area contributed by atoms with Crippen LogP contribution in [0.1, 0.15) is 31.7 Å². The Labute approximate surface area is 142 Å². The van der Waals surface area contributed by atoms with E-state index in [0.29, 0.717) is 19.6 Å². The minimum atomic E-state index is 0.0345. The van der Waals surface area contributed by atoms with Crippen molar-refractivity contribution >= 4 is 28.1 Å². The van der Waals surface area contributed by atoms with E-state index in [0.717, 1.165) is 42.5 Å². The monoisotopic (exact) mass is 327 g/mol. The van der Waals surface area contributed by atoms with E-state index >= 15 is 0 Å². The zero-order chi connectivity index (χ0) is 16.8. The van der Waals surface area contributed by atoms with Crippen LogP contribution in [0.15, 0.2) is 30.5 Å². The predicted octanol–water partition coefficient (Wildman–Crippen LogP) is 3.30. The van der Waals surface area contributed by atoms with Gasteiger partial charge >= 0.3 is 0 Å². The smallest absolute Gasteiger partial charge is 0.224 e. The van der Waals surface area contributed by atoms with Crippen molar-refractivity contribution in [2.75, 3.05) is 31.6 Å². The maximum atomic E-state index is 12.0. The number of anilines is 1. The summed E-state index contributed by atoms with van der Waals surface area (Å²) in [6, 6.07) is 6.03. The van der Waals surface area contributed by atoms with Gasteiger partial charge in [0.25, 0.3) is 0 Å². The number of hydrogen-bond donors (Lipinski definition) is 3. The van der Waals surface area contributed by atoms with Crippen LogP contribution in [-0.2, 0) is 9.53 Å². The Kier molecular flexibility index (Phi) is 5.67. The topological polar surface area (TPSA) is 66.1 Å². The van der Waals surface area contributed by atoms with Crippen molar-refractivity contribution in [2.45, 2.75) is 26.2 Å². The molecule has 2 aromatic rings. The van der Waals surface area contributed by atoms with E-state index in [1.807, 2.05) is 19.1 Å². The number of aromatic amines is 1. The molecule has 0 radical (unpaired) electrons. The Morgan fingerprint density at radius 3 is 3.08 bits per heavy atom. The van der Waals surface area contributed by atoms with Crippen LogP contribution >= 0.6 is 0 Å². The molecule has 0 aliphatic carbocycles. The maximum Gasteiger partial charge on any atom is 0.224 e. The number of fused-ring (bicyclic) bond motifs is 1. The third-order valence-electron chi connectivity index (χ3n) is 4.27. The average molecular weight is 327 g/mol. The number of benzene rings is 1. The van der Waals surface area contributed by atoms with Gasteiger partial charge < -0.3 is 20.4 Å². The number of carbonyl (C=O) groups excluding carboxylic acids is 1. The predicted molar refractivity (Wildman–Crippen MR) is 98.1 cm³/mol. The number of H-pyrrole nitrogens is 1. The van der Waals surface area contributed by atoms with Crippen LogP contribution in [-0.4, -0.2) is 37.2 Å². The summed E-state index contributed by atoms with van der Waals surface area (Å²) in [5.41, 5.74) is 4.54. The molecule has 0 spiro atoms. The second-order valence-corrected chi connectivity index (χ2v) is 5.99. The fourth-order valence-electron chi connectivity index (χ4n) is 3.03. The van der Waals surface area contributed by atoms with E-state index in [1.165, 1.54) is 11.1 Å². The zero-order valence-electron chi connectivity index (χ0n) is 14.2. The second kappa shape index (κ2) is 8.13. The summed E-state index contributed by atoms with van der Waals surface area (Å²) in [6.45, 7) is 5.21. The first-order valence-corrected chi connectivity index (χ1v) is 8.67. The van der Waals surface area contributed by atoms with Crippen molar-refractivity contribution in [1.29, 1.82) is 0 Å². The minimum Gasteiger partial charge on any atom is -0.382 e. The molecule has 0 fully saturated rings. The first-order chi connectivity index (χ1) is 11.8. The first-order valence-electron chi connectivity index (χ1n) is 8.67. The summed E-state index contributed by atoms with van der Waals surface area (Å²) in [6.07, 6.45) is 6.56. The molecule has 1 aliphatic heterocycles. The molecular weight excluding hydrogens is 302 g/mol. The van der Waals surface area contributed by atoms with Gasteiger partial charge in [0.2, 0.25) is 5.91 Å². The van der Waals surface area contributed by atoms with E-state index in [9.17, 15) is 4.79 Å². The van der Waals surface area contributed by atoms with Crippen LogP contribution in [0.25, 0.3) is 16.5 Å². The lowest BCUT2D eigenvalue weighted by atomic mass is 9.99. The number of carbonyl (C=O) groups is 1. The first kappa shape index (κ1) is 16.7. The maximum absolute atomic E-state index is 12.0. The highest BCUT2D eigenvalue weighted by Gasteiger charge is 2.12. The minimum absolute atomic E-state index is 0.0345. The van der Waals surface area contributed by atoms with Crippen molar-refractivity contribution in [1.82, 2.24) is 10.3 Å². The van der Waals surface area contributed by atoms with E-state index in [2.05, 4.69) is 34.0 Å². The van der Waals surface area contributed by atoms with Crippen molar-refractivity contribution in [3.8, 4) is 0 Å². The summed E-state index contributed by atoms with van der Waals surface area (Å²) in [5.74, 6) is 0.0345. The summed E-state index contributed by atoms with van der Waals surface area (Å²) in [4.78, 5) is 15.4. The molecule has 24 heavy (non-hydrogen) atoms. The standard InChI is InChI=1S/C19H25N3O2/c1-2-24-11-3-4-19(23)22-15-5-6-18-16(12-15)17(13-21-18)14-7-9-20-10-8-14/h5-7,12-13,20-21H,2-4,8-11H2,1H3,(H,22,23). The molecule has 3 N–H and O–H groups in total. The van der Waals surface area contributed by atoms with Crippen LogP contribution in [0.3, 0.4) is 0 Å². The zero-order valence-corrected chi connectivity index (χ0v) is 14.2. The summed E-state index contributed by atoms with van der Waals surface area (Å²) < 4.78 is 5.27. The van der Waals surface area contributed by atoms with Crippen molar-refractivity contribution in [2.24, 2.45) is 0 Å². The van der Waals surface area contributed by atoms with E-state index < -0.39 is 0 Å². The van der Waals surface area contributed by atoms with Gasteiger partial charge in [-0.15, -0.1) is 0 Å². The molecule has 0 saturated heterocycles. The van der Waals surface area contributed by atoms with Gasteiger partial charge in [-0.1, -0.05) is 6.08 Å². The molecule has 2 heterocycles. The lowest BCUT2D eigenvalue weighted by Gasteiger charge is -2.13. The molecule has 5 nitrogen and oxygen atoms in total. The van der Waals surface area contributed by atoms with Gasteiger partial charge in [-0.25, -0.2) is 0 Å². The lowest BCUT2D eigenvalue weighted by molar-refractivity contribution is -0.116. The Balaban J connectivity index is 1.71. The van der Waals surface area contributed by atoms with Gasteiger partial charge in [0, 0.05) is 54.5 Å². The number of amides is 1.